The highest BCUT2D eigenvalue weighted by Crippen LogP contribution is 2.45. The average Bonchev–Trinajstić information content (AvgIpc) is 3.52. The lowest BCUT2D eigenvalue weighted by Crippen LogP contribution is -2.27. The molecule has 208 valence electrons. The van der Waals surface area contributed by atoms with Crippen LogP contribution in [0.4, 0.5) is 10.7 Å². The van der Waals surface area contributed by atoms with Crippen LogP contribution in [0.2, 0.25) is 5.02 Å². The summed E-state index contributed by atoms with van der Waals surface area (Å²) in [5.41, 5.74) is 8.21. The minimum atomic E-state index is -0.121. The molecule has 2 aromatic heterocycles. The molecule has 0 bridgehead atoms. The number of rotatable bonds is 5. The van der Waals surface area contributed by atoms with Crippen molar-refractivity contribution in [1.82, 2.24) is 4.98 Å². The van der Waals surface area contributed by atoms with Gasteiger partial charge in [0, 0.05) is 38.3 Å². The highest BCUT2D eigenvalue weighted by atomic mass is 35.5. The van der Waals surface area contributed by atoms with Crippen LogP contribution in [-0.2, 0) is 12.8 Å². The van der Waals surface area contributed by atoms with E-state index in [-0.39, 0.29) is 11.3 Å². The monoisotopic (exact) mass is 579 g/mol. The van der Waals surface area contributed by atoms with Crippen molar-refractivity contribution in [1.29, 1.82) is 0 Å². The fraction of sp³-hybridized carbons (Fsp3) is 0.257. The fourth-order valence-corrected chi connectivity index (χ4v) is 7.23. The van der Waals surface area contributed by atoms with Gasteiger partial charge in [0.05, 0.1) is 11.3 Å². The zero-order valence-electron chi connectivity index (χ0n) is 23.8. The second-order valence-corrected chi connectivity index (χ2v) is 13.5. The van der Waals surface area contributed by atoms with Crippen LogP contribution < -0.4 is 5.32 Å². The van der Waals surface area contributed by atoms with Crippen molar-refractivity contribution in [2.24, 2.45) is 16.3 Å². The van der Waals surface area contributed by atoms with Crippen molar-refractivity contribution in [3.8, 4) is 11.3 Å². The van der Waals surface area contributed by atoms with E-state index in [0.717, 1.165) is 63.2 Å². The Morgan fingerprint density at radius 3 is 2.54 bits per heavy atom. The summed E-state index contributed by atoms with van der Waals surface area (Å²) in [7, 11) is 0. The van der Waals surface area contributed by atoms with E-state index in [2.05, 4.69) is 68.3 Å². The highest BCUT2D eigenvalue weighted by Gasteiger charge is 2.33. The number of thiophene rings is 1. The summed E-state index contributed by atoms with van der Waals surface area (Å²) >= 11 is 7.75. The van der Waals surface area contributed by atoms with Crippen LogP contribution >= 0.6 is 22.9 Å². The molecule has 0 spiro atoms. The molecule has 6 rings (SSSR count). The molecule has 1 aliphatic carbocycles. The Balaban J connectivity index is 1.45. The van der Waals surface area contributed by atoms with Gasteiger partial charge in [0.25, 0.3) is 5.91 Å². The number of hydrogen-bond acceptors (Lipinski definition) is 3. The summed E-state index contributed by atoms with van der Waals surface area (Å²) in [5.74, 6) is 0.447. The van der Waals surface area contributed by atoms with Crippen molar-refractivity contribution in [3.05, 3.63) is 105 Å². The molecule has 1 amide bonds. The summed E-state index contributed by atoms with van der Waals surface area (Å²) < 4.78 is 0. The molecular formula is C35H34ClN3OS. The van der Waals surface area contributed by atoms with E-state index in [4.69, 9.17) is 16.6 Å². The summed E-state index contributed by atoms with van der Waals surface area (Å²) in [6, 6.07) is 23.9. The normalized spacial score (nSPS) is 15.4. The largest absolute Gasteiger partial charge is 0.354 e. The van der Waals surface area contributed by atoms with E-state index in [1.807, 2.05) is 36.5 Å². The van der Waals surface area contributed by atoms with Crippen molar-refractivity contribution >= 4 is 56.7 Å². The topological polar surface area (TPSA) is 57.2 Å². The molecule has 4 nitrogen and oxygen atoms in total. The molecule has 1 aliphatic rings. The number of amides is 1. The lowest BCUT2D eigenvalue weighted by Gasteiger charge is -2.33. The van der Waals surface area contributed by atoms with E-state index in [9.17, 15) is 4.79 Å². The van der Waals surface area contributed by atoms with Gasteiger partial charge in [0.15, 0.2) is 0 Å². The predicted molar refractivity (Wildman–Crippen MR) is 174 cm³/mol. The van der Waals surface area contributed by atoms with E-state index >= 15 is 0 Å². The van der Waals surface area contributed by atoms with Crippen LogP contribution in [0.5, 0.6) is 0 Å². The number of aliphatic imine (C=N–C) groups is 1. The van der Waals surface area contributed by atoms with Gasteiger partial charge in [-0.25, -0.2) is 4.99 Å². The predicted octanol–water partition coefficient (Wildman–Crippen LogP) is 10.0. The first-order valence-corrected chi connectivity index (χ1v) is 15.3. The van der Waals surface area contributed by atoms with Crippen LogP contribution in [0.15, 0.2) is 77.8 Å². The number of halogens is 1. The summed E-state index contributed by atoms with van der Waals surface area (Å²) in [6.45, 7) is 9.06. The molecule has 0 radical (unpaired) electrons. The molecule has 0 fully saturated rings. The first kappa shape index (κ1) is 27.5. The minimum Gasteiger partial charge on any atom is -0.354 e. The number of anilines is 1. The van der Waals surface area contributed by atoms with E-state index in [1.165, 1.54) is 10.4 Å². The number of nitrogens with one attached hydrogen (secondary N) is 2. The Morgan fingerprint density at radius 2 is 1.80 bits per heavy atom. The second kappa shape index (κ2) is 11.0. The number of nitrogens with zero attached hydrogens (tertiary/aromatic N) is 1. The van der Waals surface area contributed by atoms with Crippen LogP contribution in [0.1, 0.15) is 59.1 Å². The molecule has 0 aliphatic heterocycles. The van der Waals surface area contributed by atoms with E-state index in [0.29, 0.717) is 16.5 Å². The Labute approximate surface area is 250 Å². The third-order valence-electron chi connectivity index (χ3n) is 8.26. The molecule has 5 aromatic rings. The molecule has 2 N–H and O–H groups in total. The van der Waals surface area contributed by atoms with Crippen LogP contribution in [0.3, 0.4) is 0 Å². The van der Waals surface area contributed by atoms with Gasteiger partial charge in [0.1, 0.15) is 5.00 Å². The second-order valence-electron chi connectivity index (χ2n) is 12.0. The molecule has 0 saturated heterocycles. The lowest BCUT2D eigenvalue weighted by molar-refractivity contribution is 0.102. The molecule has 3 aromatic carbocycles. The van der Waals surface area contributed by atoms with Crippen molar-refractivity contribution < 1.29 is 4.79 Å². The van der Waals surface area contributed by atoms with Crippen LogP contribution in [0, 0.1) is 18.3 Å². The van der Waals surface area contributed by atoms with Gasteiger partial charge >= 0.3 is 0 Å². The van der Waals surface area contributed by atoms with Crippen molar-refractivity contribution in [2.75, 3.05) is 5.32 Å². The lowest BCUT2D eigenvalue weighted by atomic mass is 9.72. The summed E-state index contributed by atoms with van der Waals surface area (Å²) in [4.78, 5) is 23.8. The first-order chi connectivity index (χ1) is 19.7. The van der Waals surface area contributed by atoms with Gasteiger partial charge in [-0.1, -0.05) is 80.9 Å². The number of hydrogen-bond donors (Lipinski definition) is 2. The Bertz CT molecular complexity index is 1760. The fourth-order valence-electron chi connectivity index (χ4n) is 5.84. The molecule has 0 saturated carbocycles. The third kappa shape index (κ3) is 5.49. The minimum absolute atomic E-state index is 0.121. The summed E-state index contributed by atoms with van der Waals surface area (Å²) in [6.07, 6.45) is 4.87. The van der Waals surface area contributed by atoms with Gasteiger partial charge in [-0.3, -0.25) is 4.79 Å². The zero-order chi connectivity index (χ0) is 28.7. The Morgan fingerprint density at radius 1 is 1.05 bits per heavy atom. The Hall–Kier alpha value is -3.67. The number of aromatic nitrogens is 1. The maximum atomic E-state index is 13.8. The number of carbonyl (C=O) groups excluding carboxylic acids is 1. The first-order valence-electron chi connectivity index (χ1n) is 14.1. The third-order valence-corrected chi connectivity index (χ3v) is 9.67. The van der Waals surface area contributed by atoms with E-state index < -0.39 is 0 Å². The molecule has 2 heterocycles. The average molecular weight is 580 g/mol. The molecule has 0 unspecified atom stereocenters. The standard InChI is InChI=1S/C35H34ClN3OS/c1-21-9-8-12-26-28(32(39-31(21)26)22-10-6-5-7-11-22)20-37-34-30(33(40)38-25-16-14-24(36)15-17-25)27-18-13-23(35(2,3)4)19-29(27)41-34/h5-12,14-17,20,23,39H,13,18-19H2,1-4H3,(H,38,40)/t23-/m0/s1. The highest BCUT2D eigenvalue weighted by molar-refractivity contribution is 7.16. The number of fused-ring (bicyclic) bond motifs is 2. The summed E-state index contributed by atoms with van der Waals surface area (Å²) in [5, 5.41) is 5.62. The number of carbonyl (C=O) groups is 1. The SMILES string of the molecule is Cc1cccc2c(C=Nc3sc4c(c3C(=O)Nc3ccc(Cl)cc3)CC[C@H](C(C)(C)C)C4)c(-c3ccccc3)[nH]c12. The molecule has 41 heavy (non-hydrogen) atoms. The zero-order valence-corrected chi connectivity index (χ0v) is 25.4. The number of H-pyrrole nitrogens is 1. The number of aromatic amines is 1. The molecule has 6 heteroatoms. The number of aryl methyl sites for hydroxylation is 1. The van der Waals surface area contributed by atoms with Gasteiger partial charge in [-0.2, -0.15) is 0 Å². The Kier molecular flexibility index (Phi) is 7.35. The van der Waals surface area contributed by atoms with Gasteiger partial charge in [0.2, 0.25) is 0 Å². The van der Waals surface area contributed by atoms with Gasteiger partial charge in [-0.15, -0.1) is 11.3 Å². The smallest absolute Gasteiger partial charge is 0.259 e. The number of para-hydroxylation sites is 1. The van der Waals surface area contributed by atoms with Crippen LogP contribution in [0.25, 0.3) is 22.2 Å². The quantitative estimate of drug-likeness (QED) is 0.200. The van der Waals surface area contributed by atoms with E-state index in [1.54, 1.807) is 23.5 Å². The van der Waals surface area contributed by atoms with Crippen LogP contribution in [-0.4, -0.2) is 17.1 Å². The molecule has 1 atom stereocenters. The molecular weight excluding hydrogens is 546 g/mol. The van der Waals surface area contributed by atoms with Crippen molar-refractivity contribution in [2.45, 2.75) is 47.0 Å². The van der Waals surface area contributed by atoms with Gasteiger partial charge < -0.3 is 10.3 Å². The van der Waals surface area contributed by atoms with Crippen molar-refractivity contribution in [3.63, 3.8) is 0 Å². The maximum absolute atomic E-state index is 13.8. The maximum Gasteiger partial charge on any atom is 0.259 e. The number of benzene rings is 3. The van der Waals surface area contributed by atoms with Gasteiger partial charge in [-0.05, 0) is 78.5 Å².